The highest BCUT2D eigenvalue weighted by Crippen LogP contribution is 2.34. The first-order valence-corrected chi connectivity index (χ1v) is 14.5. The SMILES string of the molecule is CC(C)n1nc(N2CC(CS(C)(=O)=O)C2)c2cnc(Nc3ccnc(N4CC[C@@](C)(O)[C@@H](F)C4)n3)cc21. The molecule has 0 saturated carbocycles. The summed E-state index contributed by atoms with van der Waals surface area (Å²) in [5, 5.41) is 19.1. The van der Waals surface area contributed by atoms with Crippen LogP contribution in [-0.4, -0.2) is 88.2 Å². The Kier molecular flexibility index (Phi) is 6.47. The normalized spacial score (nSPS) is 23.1. The van der Waals surface area contributed by atoms with E-state index in [-0.39, 0.29) is 24.3 Å². The van der Waals surface area contributed by atoms with Crippen molar-refractivity contribution in [2.75, 3.05) is 53.3 Å². The molecule has 200 valence electrons. The molecule has 0 bridgehead atoms. The van der Waals surface area contributed by atoms with Crippen molar-refractivity contribution in [2.24, 2.45) is 5.92 Å². The lowest BCUT2D eigenvalue weighted by atomic mass is 9.92. The second-order valence-electron chi connectivity index (χ2n) is 10.7. The van der Waals surface area contributed by atoms with Crippen LogP contribution in [0.2, 0.25) is 0 Å². The van der Waals surface area contributed by atoms with E-state index in [0.717, 1.165) is 16.7 Å². The minimum Gasteiger partial charge on any atom is -0.387 e. The Labute approximate surface area is 215 Å². The van der Waals surface area contributed by atoms with Gasteiger partial charge in [0.05, 0.1) is 28.8 Å². The van der Waals surface area contributed by atoms with Crippen LogP contribution in [0.25, 0.3) is 10.9 Å². The number of fused-ring (bicyclic) bond motifs is 1. The van der Waals surface area contributed by atoms with Gasteiger partial charge in [-0.15, -0.1) is 0 Å². The van der Waals surface area contributed by atoms with Crippen LogP contribution in [0.4, 0.5) is 27.8 Å². The second-order valence-corrected chi connectivity index (χ2v) is 12.9. The highest BCUT2D eigenvalue weighted by Gasteiger charge is 2.38. The summed E-state index contributed by atoms with van der Waals surface area (Å²) >= 11 is 0. The summed E-state index contributed by atoms with van der Waals surface area (Å²) < 4.78 is 39.6. The van der Waals surface area contributed by atoms with Gasteiger partial charge in [0.15, 0.2) is 5.82 Å². The summed E-state index contributed by atoms with van der Waals surface area (Å²) in [6.45, 7) is 7.39. The van der Waals surface area contributed by atoms with Gasteiger partial charge in [0.1, 0.15) is 27.6 Å². The van der Waals surface area contributed by atoms with Crippen LogP contribution >= 0.6 is 0 Å². The van der Waals surface area contributed by atoms with Gasteiger partial charge in [-0.2, -0.15) is 10.1 Å². The van der Waals surface area contributed by atoms with Crippen molar-refractivity contribution in [3.05, 3.63) is 24.5 Å². The Hall–Kier alpha value is -3.06. The zero-order valence-corrected chi connectivity index (χ0v) is 22.3. The van der Waals surface area contributed by atoms with E-state index in [4.69, 9.17) is 5.10 Å². The molecular weight excluding hydrogens is 499 g/mol. The minimum absolute atomic E-state index is 0.0263. The molecule has 5 rings (SSSR count). The Balaban J connectivity index is 1.36. The molecule has 0 amide bonds. The van der Waals surface area contributed by atoms with Crippen molar-refractivity contribution < 1.29 is 17.9 Å². The van der Waals surface area contributed by atoms with Gasteiger partial charge < -0.3 is 20.2 Å². The van der Waals surface area contributed by atoms with E-state index >= 15 is 0 Å². The summed E-state index contributed by atoms with van der Waals surface area (Å²) in [5.41, 5.74) is -0.434. The van der Waals surface area contributed by atoms with Gasteiger partial charge in [-0.25, -0.2) is 22.8 Å². The van der Waals surface area contributed by atoms with Crippen LogP contribution < -0.4 is 15.1 Å². The van der Waals surface area contributed by atoms with Crippen molar-refractivity contribution in [2.45, 2.75) is 45.0 Å². The number of sulfone groups is 1. The molecule has 2 fully saturated rings. The number of rotatable bonds is 7. The van der Waals surface area contributed by atoms with Gasteiger partial charge in [-0.1, -0.05) is 0 Å². The Bertz CT molecular complexity index is 1400. The van der Waals surface area contributed by atoms with Crippen LogP contribution in [0.5, 0.6) is 0 Å². The first-order chi connectivity index (χ1) is 17.4. The van der Waals surface area contributed by atoms with Crippen LogP contribution in [0.1, 0.15) is 33.2 Å². The summed E-state index contributed by atoms with van der Waals surface area (Å²) in [7, 11) is -3.01. The van der Waals surface area contributed by atoms with Crippen molar-refractivity contribution in [1.82, 2.24) is 24.7 Å². The zero-order chi connectivity index (χ0) is 26.5. The number of hydrogen-bond donors (Lipinski definition) is 2. The molecule has 2 N–H and O–H groups in total. The van der Waals surface area contributed by atoms with Gasteiger partial charge in [0.2, 0.25) is 5.95 Å². The average Bonchev–Trinajstić information content (AvgIpc) is 3.16. The fourth-order valence-corrected chi connectivity index (χ4v) is 5.94. The van der Waals surface area contributed by atoms with E-state index in [0.29, 0.717) is 43.6 Å². The quantitative estimate of drug-likeness (QED) is 0.468. The number of pyridine rings is 1. The van der Waals surface area contributed by atoms with Crippen LogP contribution in [0.15, 0.2) is 24.5 Å². The van der Waals surface area contributed by atoms with E-state index in [9.17, 15) is 17.9 Å². The Morgan fingerprint density at radius 1 is 1.22 bits per heavy atom. The fraction of sp³-hybridized carbons (Fsp3) is 0.583. The molecule has 0 radical (unpaired) electrons. The third-order valence-electron chi connectivity index (χ3n) is 6.98. The lowest BCUT2D eigenvalue weighted by molar-refractivity contribution is -0.0332. The lowest BCUT2D eigenvalue weighted by Gasteiger charge is -2.39. The predicted molar refractivity (Wildman–Crippen MR) is 141 cm³/mol. The minimum atomic E-state index is -3.01. The van der Waals surface area contributed by atoms with Gasteiger partial charge in [0, 0.05) is 56.3 Å². The Morgan fingerprint density at radius 3 is 2.65 bits per heavy atom. The number of anilines is 4. The van der Waals surface area contributed by atoms with Crippen molar-refractivity contribution in [3.8, 4) is 0 Å². The third kappa shape index (κ3) is 5.33. The van der Waals surface area contributed by atoms with Crippen molar-refractivity contribution in [3.63, 3.8) is 0 Å². The molecule has 0 aromatic carbocycles. The molecule has 0 aliphatic carbocycles. The van der Waals surface area contributed by atoms with Crippen LogP contribution in [-0.2, 0) is 9.84 Å². The first kappa shape index (κ1) is 25.6. The molecule has 11 nitrogen and oxygen atoms in total. The predicted octanol–water partition coefficient (Wildman–Crippen LogP) is 2.33. The maximum absolute atomic E-state index is 14.4. The van der Waals surface area contributed by atoms with E-state index in [1.54, 1.807) is 23.4 Å². The molecule has 2 aliphatic rings. The molecule has 13 heteroatoms. The number of nitrogens with one attached hydrogen (secondary N) is 1. The molecule has 0 spiro atoms. The van der Waals surface area contributed by atoms with Crippen molar-refractivity contribution >= 4 is 44.1 Å². The third-order valence-corrected chi connectivity index (χ3v) is 8.06. The largest absolute Gasteiger partial charge is 0.387 e. The lowest BCUT2D eigenvalue weighted by Crippen LogP contribution is -2.52. The first-order valence-electron chi connectivity index (χ1n) is 12.4. The average molecular weight is 533 g/mol. The summed E-state index contributed by atoms with van der Waals surface area (Å²) in [6, 6.07) is 3.74. The van der Waals surface area contributed by atoms with E-state index in [1.807, 2.05) is 10.7 Å². The number of alkyl halides is 1. The number of hydrogen-bond acceptors (Lipinski definition) is 10. The van der Waals surface area contributed by atoms with Gasteiger partial charge in [0.25, 0.3) is 0 Å². The van der Waals surface area contributed by atoms with E-state index in [1.165, 1.54) is 13.2 Å². The number of halogens is 1. The molecule has 37 heavy (non-hydrogen) atoms. The number of piperidine rings is 1. The fourth-order valence-electron chi connectivity index (χ4n) is 4.87. The topological polar surface area (TPSA) is 129 Å². The Morgan fingerprint density at radius 2 is 1.97 bits per heavy atom. The number of nitrogens with zero attached hydrogens (tertiary/aromatic N) is 7. The number of aromatic nitrogens is 5. The molecular formula is C24H33FN8O3S. The molecule has 5 heterocycles. The zero-order valence-electron chi connectivity index (χ0n) is 21.5. The summed E-state index contributed by atoms with van der Waals surface area (Å²) in [6.07, 6.45) is 3.55. The van der Waals surface area contributed by atoms with E-state index in [2.05, 4.69) is 39.0 Å². The molecule has 2 atom stereocenters. The molecule has 3 aromatic rings. The van der Waals surface area contributed by atoms with Crippen LogP contribution in [0, 0.1) is 5.92 Å². The maximum Gasteiger partial charge on any atom is 0.227 e. The highest BCUT2D eigenvalue weighted by molar-refractivity contribution is 7.90. The van der Waals surface area contributed by atoms with Crippen molar-refractivity contribution in [1.29, 1.82) is 0 Å². The molecule has 3 aromatic heterocycles. The summed E-state index contributed by atoms with van der Waals surface area (Å²) in [4.78, 5) is 17.2. The number of aliphatic hydroxyl groups is 1. The second kappa shape index (κ2) is 9.35. The molecule has 2 aliphatic heterocycles. The maximum atomic E-state index is 14.4. The molecule has 2 saturated heterocycles. The van der Waals surface area contributed by atoms with Gasteiger partial charge in [-0.05, 0) is 33.3 Å². The van der Waals surface area contributed by atoms with Gasteiger partial charge in [-0.3, -0.25) is 4.68 Å². The monoisotopic (exact) mass is 532 g/mol. The molecule has 0 unspecified atom stereocenters. The van der Waals surface area contributed by atoms with E-state index < -0.39 is 21.6 Å². The summed E-state index contributed by atoms with van der Waals surface area (Å²) in [5.74, 6) is 2.58. The smallest absolute Gasteiger partial charge is 0.227 e. The highest BCUT2D eigenvalue weighted by atomic mass is 32.2. The standard InChI is InChI=1S/C24H33FN8O3S/c1-15(2)33-18-9-21(27-10-17(18)22(30-33)32-11-16(12-32)14-37(4,35)36)28-20-5-7-26-23(29-20)31-8-6-24(3,34)19(25)13-31/h5,7,9-10,15-16,19,34H,6,8,11-14H2,1-4H3,(H,26,27,28,29)/t19-,24+/m0/s1. The van der Waals surface area contributed by atoms with Crippen LogP contribution in [0.3, 0.4) is 0 Å². The van der Waals surface area contributed by atoms with Gasteiger partial charge >= 0.3 is 0 Å².